The van der Waals surface area contributed by atoms with Crippen LogP contribution in [0.4, 0.5) is 5.69 Å². The maximum atomic E-state index is 11.6. The van der Waals surface area contributed by atoms with Gasteiger partial charge in [-0.2, -0.15) is 0 Å². The van der Waals surface area contributed by atoms with Crippen LogP contribution in [0.2, 0.25) is 0 Å². The molecule has 1 aromatic carbocycles. The van der Waals surface area contributed by atoms with Gasteiger partial charge in [-0.1, -0.05) is 32.0 Å². The summed E-state index contributed by atoms with van der Waals surface area (Å²) >= 11 is 0. The minimum absolute atomic E-state index is 0. The first kappa shape index (κ1) is 20.7. The van der Waals surface area contributed by atoms with Crippen LogP contribution in [0.5, 0.6) is 0 Å². The van der Waals surface area contributed by atoms with E-state index in [1.165, 1.54) is 19.3 Å². The molecule has 0 radical (unpaired) electrons. The Balaban J connectivity index is 0.00000288. The number of carbonyl (C=O) groups is 1. The SMILES string of the molecule is CC(C)C(=O)NCCN=C(Nc1ccccc1)N1CCCCC1.I. The lowest BCUT2D eigenvalue weighted by Gasteiger charge is -2.30. The van der Waals surface area contributed by atoms with Gasteiger partial charge in [0.1, 0.15) is 0 Å². The average molecular weight is 444 g/mol. The Morgan fingerprint density at radius 3 is 2.46 bits per heavy atom. The van der Waals surface area contributed by atoms with Crippen molar-refractivity contribution in [2.45, 2.75) is 33.1 Å². The van der Waals surface area contributed by atoms with Gasteiger partial charge in [0.15, 0.2) is 5.96 Å². The molecule has 6 heteroatoms. The van der Waals surface area contributed by atoms with E-state index in [1.54, 1.807) is 0 Å². The highest BCUT2D eigenvalue weighted by atomic mass is 127. The average Bonchev–Trinajstić information content (AvgIpc) is 2.59. The zero-order valence-corrected chi connectivity index (χ0v) is 17.0. The number of hydrogen-bond acceptors (Lipinski definition) is 2. The third-order valence-corrected chi connectivity index (χ3v) is 3.88. The molecule has 1 amide bonds. The van der Waals surface area contributed by atoms with E-state index < -0.39 is 0 Å². The maximum absolute atomic E-state index is 11.6. The summed E-state index contributed by atoms with van der Waals surface area (Å²) in [5, 5.41) is 6.33. The van der Waals surface area contributed by atoms with E-state index in [0.717, 1.165) is 24.7 Å². The number of hydrogen-bond donors (Lipinski definition) is 2. The van der Waals surface area contributed by atoms with Gasteiger partial charge >= 0.3 is 0 Å². The van der Waals surface area contributed by atoms with Crippen LogP contribution < -0.4 is 10.6 Å². The molecular formula is C18H29IN4O. The fraction of sp³-hybridized carbons (Fsp3) is 0.556. The summed E-state index contributed by atoms with van der Waals surface area (Å²) < 4.78 is 0. The van der Waals surface area contributed by atoms with Crippen LogP contribution in [0.25, 0.3) is 0 Å². The molecule has 1 fully saturated rings. The summed E-state index contributed by atoms with van der Waals surface area (Å²) in [5.41, 5.74) is 1.04. The second-order valence-corrected chi connectivity index (χ2v) is 6.19. The number of amides is 1. The first-order valence-electron chi connectivity index (χ1n) is 8.56. The first-order chi connectivity index (χ1) is 11.2. The predicted molar refractivity (Wildman–Crippen MR) is 111 cm³/mol. The van der Waals surface area contributed by atoms with E-state index in [9.17, 15) is 4.79 Å². The number of piperidine rings is 1. The van der Waals surface area contributed by atoms with Crippen molar-refractivity contribution in [3.8, 4) is 0 Å². The number of nitrogens with zero attached hydrogens (tertiary/aromatic N) is 2. The molecule has 24 heavy (non-hydrogen) atoms. The van der Waals surface area contributed by atoms with Crippen molar-refractivity contribution in [3.05, 3.63) is 30.3 Å². The summed E-state index contributed by atoms with van der Waals surface area (Å²) in [5.74, 6) is 1.01. The van der Waals surface area contributed by atoms with Crippen LogP contribution in [0.3, 0.4) is 0 Å². The molecule has 1 aliphatic heterocycles. The smallest absolute Gasteiger partial charge is 0.222 e. The summed E-state index contributed by atoms with van der Waals surface area (Å²) in [4.78, 5) is 18.6. The van der Waals surface area contributed by atoms with Gasteiger partial charge in [0.25, 0.3) is 0 Å². The third-order valence-electron chi connectivity index (χ3n) is 3.88. The first-order valence-corrected chi connectivity index (χ1v) is 8.56. The van der Waals surface area contributed by atoms with E-state index in [-0.39, 0.29) is 35.8 Å². The van der Waals surface area contributed by atoms with Gasteiger partial charge in [-0.05, 0) is 31.4 Å². The van der Waals surface area contributed by atoms with E-state index >= 15 is 0 Å². The van der Waals surface area contributed by atoms with Crippen molar-refractivity contribution in [1.29, 1.82) is 0 Å². The summed E-state index contributed by atoms with van der Waals surface area (Å²) in [6.07, 6.45) is 3.71. The zero-order valence-electron chi connectivity index (χ0n) is 14.6. The number of likely N-dealkylation sites (tertiary alicyclic amines) is 1. The van der Waals surface area contributed by atoms with E-state index in [4.69, 9.17) is 4.99 Å². The molecule has 2 rings (SSSR count). The van der Waals surface area contributed by atoms with Gasteiger partial charge in [-0.25, -0.2) is 0 Å². The van der Waals surface area contributed by atoms with Gasteiger partial charge in [0.05, 0.1) is 6.54 Å². The molecule has 0 atom stereocenters. The number of rotatable bonds is 5. The van der Waals surface area contributed by atoms with Crippen molar-refractivity contribution in [1.82, 2.24) is 10.2 Å². The quantitative estimate of drug-likeness (QED) is 0.317. The highest BCUT2D eigenvalue weighted by Crippen LogP contribution is 2.12. The van der Waals surface area contributed by atoms with Gasteiger partial charge in [0, 0.05) is 31.2 Å². The Labute approximate surface area is 162 Å². The molecule has 1 aromatic rings. The molecule has 1 saturated heterocycles. The maximum Gasteiger partial charge on any atom is 0.222 e. The second kappa shape index (κ2) is 11.3. The standard InChI is InChI=1S/C18H28N4O.HI/c1-15(2)17(23)19-11-12-20-18(22-13-7-4-8-14-22)21-16-9-5-3-6-10-16;/h3,5-6,9-10,15H,4,7-8,11-14H2,1-2H3,(H,19,23)(H,20,21);1H. The second-order valence-electron chi connectivity index (χ2n) is 6.19. The Hall–Kier alpha value is -1.31. The molecule has 0 aliphatic carbocycles. The van der Waals surface area contributed by atoms with Crippen LogP contribution in [-0.2, 0) is 4.79 Å². The highest BCUT2D eigenvalue weighted by Gasteiger charge is 2.15. The monoisotopic (exact) mass is 444 g/mol. The van der Waals surface area contributed by atoms with Gasteiger partial charge < -0.3 is 15.5 Å². The van der Waals surface area contributed by atoms with Crippen LogP contribution >= 0.6 is 24.0 Å². The molecule has 5 nitrogen and oxygen atoms in total. The van der Waals surface area contributed by atoms with Crippen molar-refractivity contribution in [2.24, 2.45) is 10.9 Å². The van der Waals surface area contributed by atoms with E-state index in [0.29, 0.717) is 13.1 Å². The topological polar surface area (TPSA) is 56.7 Å². The molecular weight excluding hydrogens is 415 g/mol. The number of para-hydroxylation sites is 1. The fourth-order valence-corrected chi connectivity index (χ4v) is 2.52. The Kier molecular flexibility index (Phi) is 9.75. The number of aliphatic imine (C=N–C) groups is 1. The van der Waals surface area contributed by atoms with Gasteiger partial charge in [-0.15, -0.1) is 24.0 Å². The lowest BCUT2D eigenvalue weighted by molar-refractivity contribution is -0.123. The Morgan fingerprint density at radius 2 is 1.83 bits per heavy atom. The van der Waals surface area contributed by atoms with Crippen LogP contribution in [0, 0.1) is 5.92 Å². The summed E-state index contributed by atoms with van der Waals surface area (Å²) in [6, 6.07) is 10.1. The van der Waals surface area contributed by atoms with Crippen molar-refractivity contribution >= 4 is 41.5 Å². The van der Waals surface area contributed by atoms with E-state index in [2.05, 4.69) is 15.5 Å². The normalized spacial score (nSPS) is 15.0. The summed E-state index contributed by atoms with van der Waals surface area (Å²) in [6.45, 7) is 7.03. The molecule has 134 valence electrons. The Morgan fingerprint density at radius 1 is 1.17 bits per heavy atom. The van der Waals surface area contributed by atoms with E-state index in [1.807, 2.05) is 44.2 Å². The largest absolute Gasteiger partial charge is 0.354 e. The molecule has 0 bridgehead atoms. The predicted octanol–water partition coefficient (Wildman–Crippen LogP) is 3.33. The van der Waals surface area contributed by atoms with Crippen molar-refractivity contribution in [3.63, 3.8) is 0 Å². The number of anilines is 1. The molecule has 1 aliphatic rings. The zero-order chi connectivity index (χ0) is 16.5. The lowest BCUT2D eigenvalue weighted by atomic mass is 10.1. The molecule has 2 N–H and O–H groups in total. The highest BCUT2D eigenvalue weighted by molar-refractivity contribution is 14.0. The summed E-state index contributed by atoms with van der Waals surface area (Å²) in [7, 11) is 0. The molecule has 0 aromatic heterocycles. The van der Waals surface area contributed by atoms with Crippen LogP contribution in [0.15, 0.2) is 35.3 Å². The molecule has 1 heterocycles. The minimum atomic E-state index is 0. The van der Waals surface area contributed by atoms with Crippen LogP contribution in [-0.4, -0.2) is 42.9 Å². The minimum Gasteiger partial charge on any atom is -0.354 e. The Bertz CT molecular complexity index is 513. The molecule has 0 spiro atoms. The number of carbonyl (C=O) groups excluding carboxylic acids is 1. The number of halogens is 1. The lowest BCUT2D eigenvalue weighted by Crippen LogP contribution is -2.40. The number of guanidine groups is 1. The third kappa shape index (κ3) is 7.07. The van der Waals surface area contributed by atoms with Crippen LogP contribution in [0.1, 0.15) is 33.1 Å². The number of nitrogens with one attached hydrogen (secondary N) is 2. The van der Waals surface area contributed by atoms with Crippen molar-refractivity contribution < 1.29 is 4.79 Å². The number of benzene rings is 1. The van der Waals surface area contributed by atoms with Gasteiger partial charge in [-0.3, -0.25) is 9.79 Å². The molecule has 0 unspecified atom stereocenters. The molecule has 0 saturated carbocycles. The fourth-order valence-electron chi connectivity index (χ4n) is 2.52. The van der Waals surface area contributed by atoms with Gasteiger partial charge in [0.2, 0.25) is 5.91 Å². The van der Waals surface area contributed by atoms with Crippen molar-refractivity contribution in [2.75, 3.05) is 31.5 Å².